The quantitative estimate of drug-likeness (QED) is 0.493. The largest absolute Gasteiger partial charge is 0.419 e. The molecule has 2 unspecified atom stereocenters. The van der Waals surface area contributed by atoms with Crippen LogP contribution in [0.4, 0.5) is 19.0 Å². The summed E-state index contributed by atoms with van der Waals surface area (Å²) in [6, 6.07) is 1.83. The van der Waals surface area contributed by atoms with E-state index in [2.05, 4.69) is 10.4 Å². The average Bonchev–Trinajstić information content (AvgIpc) is 2.61. The van der Waals surface area contributed by atoms with Gasteiger partial charge in [-0.15, -0.1) is 0 Å². The van der Waals surface area contributed by atoms with Gasteiger partial charge in [0.15, 0.2) is 5.82 Å². The normalized spacial score (nSPS) is 25.2. The van der Waals surface area contributed by atoms with Crippen molar-refractivity contribution in [2.24, 2.45) is 5.92 Å². The van der Waals surface area contributed by atoms with E-state index in [1.54, 1.807) is 27.7 Å². The van der Waals surface area contributed by atoms with Gasteiger partial charge in [0.05, 0.1) is 17.9 Å². The van der Waals surface area contributed by atoms with Gasteiger partial charge in [-0.1, -0.05) is 16.2 Å². The number of hydrogen-bond donors (Lipinski definition) is 1. The molecule has 0 radical (unpaired) electrons. The fourth-order valence-corrected chi connectivity index (χ4v) is 3.07. The van der Waals surface area contributed by atoms with Crippen molar-refractivity contribution >= 4 is 29.2 Å². The van der Waals surface area contributed by atoms with Gasteiger partial charge in [-0.3, -0.25) is 0 Å². The molecule has 0 saturated carbocycles. The van der Waals surface area contributed by atoms with Gasteiger partial charge in [-0.05, 0) is 39.8 Å². The maximum atomic E-state index is 12.8. The van der Waals surface area contributed by atoms with Gasteiger partial charge < -0.3 is 0 Å². The number of pyridine rings is 1. The third kappa shape index (κ3) is 2.88. The SMILES string of the molecule is CC1CC(=O)[N+](Nc2ccc(C(F)(F)F)c(Cl)n2)(C(C)(C)C)C1=O. The Balaban J connectivity index is 2.49. The molecule has 5 nitrogen and oxygen atoms in total. The zero-order valence-electron chi connectivity index (χ0n) is 13.7. The molecular formula is C15H18ClF3N3O2+. The third-order valence-electron chi connectivity index (χ3n) is 4.05. The number of carbonyl (C=O) groups excluding carboxylic acids is 2. The van der Waals surface area contributed by atoms with E-state index in [0.29, 0.717) is 0 Å². The van der Waals surface area contributed by atoms with Crippen molar-refractivity contribution in [3.05, 3.63) is 22.8 Å². The molecule has 2 atom stereocenters. The van der Waals surface area contributed by atoms with Crippen LogP contribution in [0.1, 0.15) is 39.7 Å². The van der Waals surface area contributed by atoms with Crippen molar-refractivity contribution in [2.75, 3.05) is 5.43 Å². The van der Waals surface area contributed by atoms with Gasteiger partial charge >= 0.3 is 18.0 Å². The Bertz CT molecular complexity index is 700. The molecule has 1 aromatic heterocycles. The molecule has 1 N–H and O–H groups in total. The predicted molar refractivity (Wildman–Crippen MR) is 81.7 cm³/mol. The van der Waals surface area contributed by atoms with E-state index in [1.807, 2.05) is 0 Å². The number of imide groups is 1. The number of amides is 2. The Labute approximate surface area is 142 Å². The smallest absolute Gasteiger partial charge is 0.228 e. The summed E-state index contributed by atoms with van der Waals surface area (Å²) in [7, 11) is 0. The molecular weight excluding hydrogens is 347 g/mol. The van der Waals surface area contributed by atoms with Crippen LogP contribution < -0.4 is 5.43 Å². The van der Waals surface area contributed by atoms with E-state index >= 15 is 0 Å². The highest BCUT2D eigenvalue weighted by molar-refractivity contribution is 6.30. The van der Waals surface area contributed by atoms with Crippen LogP contribution in [0.3, 0.4) is 0 Å². The highest BCUT2D eigenvalue weighted by Gasteiger charge is 2.62. The number of hydrogen-bond acceptors (Lipinski definition) is 4. The number of quaternary nitrogens is 1. The second kappa shape index (κ2) is 5.70. The van der Waals surface area contributed by atoms with Crippen molar-refractivity contribution in [1.29, 1.82) is 0 Å². The first-order valence-electron chi connectivity index (χ1n) is 7.29. The highest BCUT2D eigenvalue weighted by atomic mass is 35.5. The summed E-state index contributed by atoms with van der Waals surface area (Å²) in [4.78, 5) is 28.8. The monoisotopic (exact) mass is 364 g/mol. The Morgan fingerprint density at radius 1 is 1.25 bits per heavy atom. The minimum Gasteiger partial charge on any atom is -0.228 e. The van der Waals surface area contributed by atoms with Gasteiger partial charge in [0.2, 0.25) is 0 Å². The number of alkyl halides is 3. The maximum absolute atomic E-state index is 12.8. The summed E-state index contributed by atoms with van der Waals surface area (Å²) in [6.45, 7) is 6.72. The fraction of sp³-hybridized carbons (Fsp3) is 0.533. The first kappa shape index (κ1) is 18.7. The van der Waals surface area contributed by atoms with Gasteiger partial charge in [-0.25, -0.2) is 20.0 Å². The first-order chi connectivity index (χ1) is 10.8. The molecule has 2 amide bonds. The van der Waals surface area contributed by atoms with Crippen molar-refractivity contribution < 1.29 is 27.4 Å². The minimum atomic E-state index is -4.63. The van der Waals surface area contributed by atoms with Crippen LogP contribution in [0.15, 0.2) is 12.1 Å². The number of carbonyl (C=O) groups is 2. The lowest BCUT2D eigenvalue weighted by Crippen LogP contribution is -2.67. The maximum Gasteiger partial charge on any atom is 0.419 e. The predicted octanol–water partition coefficient (Wildman–Crippen LogP) is 3.79. The van der Waals surface area contributed by atoms with Crippen molar-refractivity contribution in [1.82, 2.24) is 4.98 Å². The second-order valence-corrected chi connectivity index (χ2v) is 7.18. The Morgan fingerprint density at radius 3 is 2.21 bits per heavy atom. The molecule has 1 aromatic rings. The highest BCUT2D eigenvalue weighted by Crippen LogP contribution is 2.38. The van der Waals surface area contributed by atoms with E-state index < -0.39 is 32.9 Å². The molecule has 1 saturated heterocycles. The van der Waals surface area contributed by atoms with Gasteiger partial charge in [0, 0.05) is 0 Å². The van der Waals surface area contributed by atoms with Crippen LogP contribution in [0.5, 0.6) is 0 Å². The topological polar surface area (TPSA) is 59.1 Å². The van der Waals surface area contributed by atoms with Crippen molar-refractivity contribution in [3.8, 4) is 0 Å². The number of likely N-dealkylation sites (tertiary alicyclic amines) is 1. The minimum absolute atomic E-state index is 0.0530. The van der Waals surface area contributed by atoms with E-state index in [-0.39, 0.29) is 24.1 Å². The molecule has 1 fully saturated rings. The molecule has 1 aliphatic rings. The van der Waals surface area contributed by atoms with Crippen LogP contribution >= 0.6 is 11.6 Å². The van der Waals surface area contributed by atoms with Gasteiger partial charge in [0.1, 0.15) is 10.7 Å². The average molecular weight is 365 g/mol. The standard InChI is InChI=1S/C15H18ClF3N3O2/c1-8-7-11(23)22(13(8)24,14(2,3)4)21-10-6-5-9(12(16)20-10)15(17,18)19/h5-6,8H,7H2,1-4H3,(H,20,21)/q+1. The molecule has 2 heterocycles. The Hall–Kier alpha value is -1.67. The van der Waals surface area contributed by atoms with Crippen LogP contribution in [0.2, 0.25) is 5.15 Å². The summed E-state index contributed by atoms with van der Waals surface area (Å²) in [6.07, 6.45) is -4.58. The van der Waals surface area contributed by atoms with Crippen molar-refractivity contribution in [3.63, 3.8) is 0 Å². The number of nitrogens with one attached hydrogen (secondary N) is 1. The molecule has 2 rings (SSSR count). The molecule has 0 spiro atoms. The van der Waals surface area contributed by atoms with E-state index in [9.17, 15) is 22.8 Å². The number of halogens is 4. The van der Waals surface area contributed by atoms with E-state index in [1.165, 1.54) is 0 Å². The summed E-state index contributed by atoms with van der Waals surface area (Å²) >= 11 is 5.61. The Kier molecular flexibility index (Phi) is 4.43. The van der Waals surface area contributed by atoms with E-state index in [0.717, 1.165) is 12.1 Å². The van der Waals surface area contributed by atoms with Crippen molar-refractivity contribution in [2.45, 2.75) is 45.8 Å². The molecule has 24 heavy (non-hydrogen) atoms. The Morgan fingerprint density at radius 2 is 1.83 bits per heavy atom. The number of anilines is 1. The van der Waals surface area contributed by atoms with Crippen LogP contribution in [0.25, 0.3) is 0 Å². The van der Waals surface area contributed by atoms with E-state index in [4.69, 9.17) is 11.6 Å². The first-order valence-corrected chi connectivity index (χ1v) is 7.67. The molecule has 0 bridgehead atoms. The summed E-state index contributed by atoms with van der Waals surface area (Å²) in [5.41, 5.74) is 0.789. The van der Waals surface area contributed by atoms with Gasteiger partial charge in [-0.2, -0.15) is 13.2 Å². The lowest BCUT2D eigenvalue weighted by molar-refractivity contribution is -0.803. The molecule has 1 aliphatic heterocycles. The molecule has 9 heteroatoms. The summed E-state index contributed by atoms with van der Waals surface area (Å²) in [5, 5.41) is -0.744. The van der Waals surface area contributed by atoms with Gasteiger partial charge in [0.25, 0.3) is 0 Å². The lowest BCUT2D eigenvalue weighted by Gasteiger charge is -2.39. The second-order valence-electron chi connectivity index (χ2n) is 6.82. The number of aromatic nitrogens is 1. The fourth-order valence-electron chi connectivity index (χ4n) is 2.81. The molecule has 0 aliphatic carbocycles. The van der Waals surface area contributed by atoms with Crippen LogP contribution in [-0.4, -0.2) is 26.9 Å². The summed E-state index contributed by atoms with van der Waals surface area (Å²) < 4.78 is 37.6. The lowest BCUT2D eigenvalue weighted by atomic mass is 10.0. The zero-order chi connectivity index (χ0) is 18.5. The number of rotatable bonds is 2. The molecule has 132 valence electrons. The summed E-state index contributed by atoms with van der Waals surface area (Å²) in [5.74, 6) is -1.28. The zero-order valence-corrected chi connectivity index (χ0v) is 14.4. The van der Waals surface area contributed by atoms with Crippen LogP contribution in [0, 0.1) is 5.92 Å². The third-order valence-corrected chi connectivity index (χ3v) is 4.34. The number of nitrogens with zero attached hydrogens (tertiary/aromatic N) is 2. The van der Waals surface area contributed by atoms with Crippen LogP contribution in [-0.2, 0) is 15.8 Å². The molecule has 0 aromatic carbocycles.